The van der Waals surface area contributed by atoms with Crippen LogP contribution in [0.4, 0.5) is 5.82 Å². The summed E-state index contributed by atoms with van der Waals surface area (Å²) in [6.45, 7) is 2.28. The van der Waals surface area contributed by atoms with E-state index < -0.39 is 8.03 Å². The lowest BCUT2D eigenvalue weighted by molar-refractivity contribution is 0.0847. The Morgan fingerprint density at radius 3 is 3.06 bits per heavy atom. The van der Waals surface area contributed by atoms with Crippen molar-refractivity contribution in [2.24, 2.45) is 0 Å². The molecule has 0 aliphatic carbocycles. The molecule has 18 heavy (non-hydrogen) atoms. The van der Waals surface area contributed by atoms with E-state index in [1.807, 2.05) is 0 Å². The van der Waals surface area contributed by atoms with Crippen molar-refractivity contribution in [2.75, 3.05) is 12.1 Å². The molecule has 0 aliphatic heterocycles. The third-order valence-corrected chi connectivity index (χ3v) is 2.79. The van der Waals surface area contributed by atoms with Gasteiger partial charge in [-0.1, -0.05) is 0 Å². The van der Waals surface area contributed by atoms with Gasteiger partial charge in [-0.3, -0.25) is 4.57 Å². The van der Waals surface area contributed by atoms with Crippen molar-refractivity contribution in [3.8, 4) is 0 Å². The number of aromatic nitrogens is 4. The van der Waals surface area contributed by atoms with Crippen molar-refractivity contribution in [3.63, 3.8) is 0 Å². The molecule has 2 heterocycles. The van der Waals surface area contributed by atoms with E-state index in [0.717, 1.165) is 0 Å². The van der Waals surface area contributed by atoms with Crippen molar-refractivity contribution in [2.45, 2.75) is 19.6 Å². The third-order valence-electron chi connectivity index (χ3n) is 2.37. The molecule has 0 aliphatic rings. The summed E-state index contributed by atoms with van der Waals surface area (Å²) in [4.78, 5) is 20.8. The number of rotatable bonds is 5. The first-order chi connectivity index (χ1) is 8.58. The van der Waals surface area contributed by atoms with Crippen molar-refractivity contribution in [1.82, 2.24) is 19.5 Å². The van der Waals surface area contributed by atoms with Crippen LogP contribution in [0.3, 0.4) is 0 Å². The van der Waals surface area contributed by atoms with Crippen molar-refractivity contribution >= 4 is 25.0 Å². The first-order valence-electron chi connectivity index (χ1n) is 5.32. The molecule has 98 valence electrons. The highest BCUT2D eigenvalue weighted by Gasteiger charge is 2.11. The van der Waals surface area contributed by atoms with Gasteiger partial charge < -0.3 is 19.9 Å². The zero-order chi connectivity index (χ0) is 13.1. The molecule has 3 N–H and O–H groups in total. The summed E-state index contributed by atoms with van der Waals surface area (Å²) in [5.74, 6) is 0.327. The van der Waals surface area contributed by atoms with Gasteiger partial charge in [-0.05, 0) is 6.92 Å². The number of ether oxygens (including phenoxy) is 1. The summed E-state index contributed by atoms with van der Waals surface area (Å²) in [5.41, 5.74) is 6.83. The molecule has 0 spiro atoms. The van der Waals surface area contributed by atoms with Crippen molar-refractivity contribution in [3.05, 3.63) is 12.7 Å². The topological polar surface area (TPSA) is 116 Å². The molecule has 2 aromatic heterocycles. The van der Waals surface area contributed by atoms with Crippen LogP contribution in [-0.4, -0.2) is 36.9 Å². The highest BCUT2D eigenvalue weighted by Crippen LogP contribution is 2.17. The summed E-state index contributed by atoms with van der Waals surface area (Å²) in [6.07, 6.45) is 2.60. The Labute approximate surface area is 104 Å². The number of nitrogens with zero attached hydrogens (tertiary/aromatic N) is 4. The molecule has 0 radical (unpaired) electrons. The van der Waals surface area contributed by atoms with E-state index >= 15 is 0 Å². The maximum absolute atomic E-state index is 10.6. The smallest absolute Gasteiger partial charge is 0.214 e. The normalized spacial score (nSPS) is 14.8. The molecule has 0 bridgehead atoms. The van der Waals surface area contributed by atoms with Gasteiger partial charge in [-0.15, -0.1) is 0 Å². The van der Waals surface area contributed by atoms with Gasteiger partial charge in [0.2, 0.25) is 8.03 Å². The quantitative estimate of drug-likeness (QED) is 0.748. The van der Waals surface area contributed by atoms with E-state index in [1.54, 1.807) is 17.8 Å². The molecule has 0 saturated carbocycles. The minimum atomic E-state index is -2.60. The predicted octanol–water partition coefficient (Wildman–Crippen LogP) is 0.238. The predicted molar refractivity (Wildman–Crippen MR) is 66.4 cm³/mol. The van der Waals surface area contributed by atoms with Crippen LogP contribution < -0.4 is 5.73 Å². The molecule has 8 nitrogen and oxygen atoms in total. The fourth-order valence-corrected chi connectivity index (χ4v) is 2.00. The van der Waals surface area contributed by atoms with Gasteiger partial charge in [0.1, 0.15) is 18.2 Å². The van der Waals surface area contributed by atoms with E-state index in [4.69, 9.17) is 15.4 Å². The number of nitrogen functional groups attached to an aromatic ring is 1. The number of anilines is 1. The van der Waals surface area contributed by atoms with Crippen LogP contribution in [0.2, 0.25) is 0 Å². The second-order valence-corrected chi connectivity index (χ2v) is 4.92. The highest BCUT2D eigenvalue weighted by molar-refractivity contribution is 7.37. The number of fused-ring (bicyclic) bond motifs is 1. The van der Waals surface area contributed by atoms with E-state index in [2.05, 4.69) is 15.0 Å². The van der Waals surface area contributed by atoms with E-state index in [0.29, 0.717) is 23.5 Å². The third kappa shape index (κ3) is 2.84. The van der Waals surface area contributed by atoms with Crippen LogP contribution in [0.1, 0.15) is 6.92 Å². The number of hydrogen-bond donors (Lipinski definition) is 2. The summed E-state index contributed by atoms with van der Waals surface area (Å²) < 4.78 is 17.6. The standard InChI is InChI=1S/C9H14N5O3P/c1-6(17-5-18(15)16)2-14-4-13-7-8(10)11-3-12-9(7)14/h3-4,6,18H,2,5H2,1H3,(H,15,16)(H2,10,11,12)/t6-/m1/s1. The Bertz CT molecular complexity index is 572. The molecule has 1 unspecified atom stereocenters. The Hall–Kier alpha value is -1.50. The monoisotopic (exact) mass is 271 g/mol. The highest BCUT2D eigenvalue weighted by atomic mass is 31.1. The summed E-state index contributed by atoms with van der Waals surface area (Å²) in [5, 5.41) is 0. The Morgan fingerprint density at radius 2 is 2.33 bits per heavy atom. The Morgan fingerprint density at radius 1 is 1.56 bits per heavy atom. The fraction of sp³-hybridized carbons (Fsp3) is 0.444. The average molecular weight is 271 g/mol. The number of hydrogen-bond acceptors (Lipinski definition) is 6. The average Bonchev–Trinajstić information content (AvgIpc) is 2.72. The second kappa shape index (κ2) is 5.43. The van der Waals surface area contributed by atoms with E-state index in [-0.39, 0.29) is 12.5 Å². The summed E-state index contributed by atoms with van der Waals surface area (Å²) in [7, 11) is -2.60. The van der Waals surface area contributed by atoms with Gasteiger partial charge in [0.25, 0.3) is 0 Å². The zero-order valence-corrected chi connectivity index (χ0v) is 10.8. The maximum Gasteiger partial charge on any atom is 0.214 e. The number of imidazole rings is 1. The molecule has 9 heteroatoms. The molecule has 0 saturated heterocycles. The van der Waals surface area contributed by atoms with Crippen LogP contribution in [0.25, 0.3) is 11.2 Å². The van der Waals surface area contributed by atoms with Gasteiger partial charge >= 0.3 is 0 Å². The van der Waals surface area contributed by atoms with Crippen molar-refractivity contribution in [1.29, 1.82) is 0 Å². The first-order valence-corrected chi connectivity index (χ1v) is 6.89. The van der Waals surface area contributed by atoms with Gasteiger partial charge in [-0.2, -0.15) is 0 Å². The molecule has 0 amide bonds. The van der Waals surface area contributed by atoms with Crippen molar-refractivity contribution < 1.29 is 14.2 Å². The summed E-state index contributed by atoms with van der Waals surface area (Å²) in [6, 6.07) is 0. The molecule has 0 aromatic carbocycles. The van der Waals surface area contributed by atoms with Crippen LogP contribution in [-0.2, 0) is 15.8 Å². The maximum atomic E-state index is 10.6. The van der Waals surface area contributed by atoms with Crippen LogP contribution in [0.5, 0.6) is 0 Å². The van der Waals surface area contributed by atoms with Gasteiger partial charge in [-0.25, -0.2) is 15.0 Å². The Kier molecular flexibility index (Phi) is 3.90. The lowest BCUT2D eigenvalue weighted by atomic mass is 10.4. The zero-order valence-electron chi connectivity index (χ0n) is 9.78. The lowest BCUT2D eigenvalue weighted by Crippen LogP contribution is -2.16. The van der Waals surface area contributed by atoms with Crippen LogP contribution >= 0.6 is 8.03 Å². The van der Waals surface area contributed by atoms with E-state index in [9.17, 15) is 4.57 Å². The van der Waals surface area contributed by atoms with Gasteiger partial charge in [0, 0.05) is 0 Å². The minimum absolute atomic E-state index is 0.143. The van der Waals surface area contributed by atoms with Crippen LogP contribution in [0.15, 0.2) is 12.7 Å². The van der Waals surface area contributed by atoms with Gasteiger partial charge in [0.05, 0.1) is 19.0 Å². The minimum Gasteiger partial charge on any atom is -0.382 e. The number of nitrogens with two attached hydrogens (primary N) is 1. The first kappa shape index (κ1) is 12.9. The van der Waals surface area contributed by atoms with Gasteiger partial charge in [0.15, 0.2) is 11.5 Å². The molecular formula is C9H14N5O3P. The van der Waals surface area contributed by atoms with E-state index in [1.165, 1.54) is 6.33 Å². The Balaban J connectivity index is 2.12. The van der Waals surface area contributed by atoms with Crippen LogP contribution in [0, 0.1) is 0 Å². The largest absolute Gasteiger partial charge is 0.382 e. The molecule has 2 atom stereocenters. The molecular weight excluding hydrogens is 257 g/mol. The second-order valence-electron chi connectivity index (χ2n) is 3.84. The molecule has 2 aromatic rings. The molecule has 0 fully saturated rings. The SMILES string of the molecule is C[C@H](Cn1cnc2c(N)ncnc21)OC[PH](=O)O. The summed E-state index contributed by atoms with van der Waals surface area (Å²) >= 11 is 0. The fourth-order valence-electron chi connectivity index (χ4n) is 1.58. The molecule has 2 rings (SSSR count). The lowest BCUT2D eigenvalue weighted by Gasteiger charge is -2.12.